The first-order chi connectivity index (χ1) is 16.0. The number of rotatable bonds is 3. The van der Waals surface area contributed by atoms with Crippen LogP contribution in [0.3, 0.4) is 0 Å². The molecule has 0 spiro atoms. The van der Waals surface area contributed by atoms with Gasteiger partial charge >= 0.3 is 0 Å². The molecule has 34 heavy (non-hydrogen) atoms. The zero-order chi connectivity index (χ0) is 24.5. The minimum atomic E-state index is -1.18. The Labute approximate surface area is 201 Å². The van der Waals surface area contributed by atoms with E-state index in [9.17, 15) is 9.59 Å². The van der Waals surface area contributed by atoms with Crippen molar-refractivity contribution in [3.05, 3.63) is 72.0 Å². The van der Waals surface area contributed by atoms with Crippen molar-refractivity contribution >= 4 is 17.5 Å². The first-order valence-corrected chi connectivity index (χ1v) is 11.5. The van der Waals surface area contributed by atoms with Crippen molar-refractivity contribution in [1.82, 2.24) is 15.0 Å². The highest BCUT2D eigenvalue weighted by Gasteiger charge is 2.47. The number of hydrogen-bond donors (Lipinski definition) is 1. The topological polar surface area (TPSA) is 97.7 Å². The van der Waals surface area contributed by atoms with E-state index in [4.69, 9.17) is 25.6 Å². The molecule has 2 aliphatic rings. The fourth-order valence-electron chi connectivity index (χ4n) is 5.16. The number of nitrogens with zero attached hydrogens (tertiary/aromatic N) is 2. The lowest BCUT2D eigenvalue weighted by Gasteiger charge is -2.30. The number of aromatic nitrogens is 2. The van der Waals surface area contributed by atoms with E-state index in [2.05, 4.69) is 10.1 Å². The Balaban J connectivity index is 1.54. The van der Waals surface area contributed by atoms with Crippen LogP contribution < -0.4 is 15.0 Å². The van der Waals surface area contributed by atoms with Crippen LogP contribution in [0, 0.1) is 34.6 Å². The molecule has 178 valence electrons. The van der Waals surface area contributed by atoms with Crippen molar-refractivity contribution < 1.29 is 18.8 Å². The maximum absolute atomic E-state index is 13.6. The summed E-state index contributed by atoms with van der Waals surface area (Å²) >= 11 is 6.78. The molecule has 5 rings (SSSR count). The number of hydrogen-bond acceptors (Lipinski definition) is 6. The van der Waals surface area contributed by atoms with Crippen molar-refractivity contribution in [1.29, 1.82) is 0 Å². The predicted molar refractivity (Wildman–Crippen MR) is 126 cm³/mol. The quantitative estimate of drug-likeness (QED) is 0.593. The van der Waals surface area contributed by atoms with Crippen LogP contribution in [-0.2, 0) is 18.8 Å². The van der Waals surface area contributed by atoms with Gasteiger partial charge < -0.3 is 23.9 Å². The maximum Gasteiger partial charge on any atom is 0.280 e. The van der Waals surface area contributed by atoms with E-state index in [-0.39, 0.29) is 18.0 Å². The number of amides is 1. The van der Waals surface area contributed by atoms with Gasteiger partial charge in [-0.3, -0.25) is 9.59 Å². The molecule has 0 aliphatic carbocycles. The molecule has 4 heterocycles. The number of fused-ring (bicyclic) bond motifs is 2. The van der Waals surface area contributed by atoms with E-state index in [0.717, 1.165) is 16.8 Å². The highest BCUT2D eigenvalue weighted by atomic mass is 35.5. The maximum atomic E-state index is 13.6. The summed E-state index contributed by atoms with van der Waals surface area (Å²) in [6, 6.07) is 1.91. The van der Waals surface area contributed by atoms with Crippen molar-refractivity contribution in [2.24, 2.45) is 0 Å². The van der Waals surface area contributed by atoms with E-state index >= 15 is 0 Å². The summed E-state index contributed by atoms with van der Waals surface area (Å²) in [6.07, 6.45) is 0.544. The van der Waals surface area contributed by atoms with Gasteiger partial charge in [-0.2, -0.15) is 0 Å². The molecule has 2 aliphatic heterocycles. The molecule has 1 unspecified atom stereocenters. The summed E-state index contributed by atoms with van der Waals surface area (Å²) < 4.78 is 17.9. The van der Waals surface area contributed by atoms with Crippen LogP contribution in [0.4, 0.5) is 0 Å². The van der Waals surface area contributed by atoms with Crippen LogP contribution in [0.2, 0.25) is 5.02 Å². The van der Waals surface area contributed by atoms with E-state index in [1.807, 2.05) is 33.8 Å². The summed E-state index contributed by atoms with van der Waals surface area (Å²) in [5.41, 5.74) is 5.31. The molecule has 1 aromatic carbocycles. The summed E-state index contributed by atoms with van der Waals surface area (Å²) in [5.74, 6) is 0.0899. The molecule has 0 saturated heterocycles. The molecule has 0 saturated carbocycles. The molecule has 9 heteroatoms. The zero-order valence-electron chi connectivity index (χ0n) is 20.0. The van der Waals surface area contributed by atoms with Crippen LogP contribution >= 0.6 is 11.6 Å². The summed E-state index contributed by atoms with van der Waals surface area (Å²) in [6.45, 7) is 11.6. The standard InChI is InChI=1S/C25H26ClN3O5/c1-11-9-12(2)27-23(30)17(11)10-29-8-7-16-18(24(29)31)13(3)21-22(20(16)26)33-25(6,32-21)19-14(4)28-34-15(19)5/h9H,7-8,10H2,1-6H3,(H,27,30). The van der Waals surface area contributed by atoms with Crippen LogP contribution in [0.1, 0.15) is 62.2 Å². The normalized spacial score (nSPS) is 19.0. The molecule has 8 nitrogen and oxygen atoms in total. The molecule has 0 radical (unpaired) electrons. The number of benzene rings is 1. The van der Waals surface area contributed by atoms with Crippen molar-refractivity contribution in [2.75, 3.05) is 6.54 Å². The largest absolute Gasteiger partial charge is 0.444 e. The lowest BCUT2D eigenvalue weighted by Crippen LogP contribution is -2.39. The second kappa shape index (κ2) is 7.63. The van der Waals surface area contributed by atoms with Gasteiger partial charge in [-0.25, -0.2) is 0 Å². The third-order valence-electron chi connectivity index (χ3n) is 6.74. The van der Waals surface area contributed by atoms with Crippen molar-refractivity contribution in [2.45, 2.75) is 60.3 Å². The molecule has 0 fully saturated rings. The van der Waals surface area contributed by atoms with Gasteiger partial charge in [0.1, 0.15) is 11.3 Å². The lowest BCUT2D eigenvalue weighted by molar-refractivity contribution is -0.0697. The van der Waals surface area contributed by atoms with E-state index in [1.165, 1.54) is 0 Å². The molecule has 3 aromatic rings. The third-order valence-corrected chi connectivity index (χ3v) is 7.14. The Morgan fingerprint density at radius 3 is 2.50 bits per heavy atom. The summed E-state index contributed by atoms with van der Waals surface area (Å²) in [7, 11) is 0. The summed E-state index contributed by atoms with van der Waals surface area (Å²) in [5, 5.41) is 4.39. The Bertz CT molecular complexity index is 1400. The van der Waals surface area contributed by atoms with Gasteiger partial charge in [0.2, 0.25) is 0 Å². The number of aromatic amines is 1. The van der Waals surface area contributed by atoms with Gasteiger partial charge in [0.15, 0.2) is 11.5 Å². The SMILES string of the molecule is Cc1cc(C)c(CN2CCc3c(Cl)c4c(c(C)c3C2=O)OC(C)(c2c(C)noc2C)O4)c(=O)[nH]1. The molecule has 1 N–H and O–H groups in total. The average Bonchev–Trinajstić information content (AvgIpc) is 3.29. The minimum Gasteiger partial charge on any atom is -0.444 e. The van der Waals surface area contributed by atoms with Gasteiger partial charge in [0, 0.05) is 30.3 Å². The molecule has 0 bridgehead atoms. The Morgan fingerprint density at radius 1 is 1.15 bits per heavy atom. The predicted octanol–water partition coefficient (Wildman–Crippen LogP) is 4.40. The van der Waals surface area contributed by atoms with Crippen LogP contribution in [0.15, 0.2) is 15.4 Å². The third kappa shape index (κ3) is 3.23. The Hall–Kier alpha value is -3.26. The number of carbonyl (C=O) groups is 1. The second-order valence-corrected chi connectivity index (χ2v) is 9.60. The number of ether oxygens (including phenoxy) is 2. The van der Waals surface area contributed by atoms with Gasteiger partial charge in [0.05, 0.1) is 22.8 Å². The molecule has 1 atom stereocenters. The highest BCUT2D eigenvalue weighted by molar-refractivity contribution is 6.34. The van der Waals surface area contributed by atoms with E-state index in [1.54, 1.807) is 18.7 Å². The van der Waals surface area contributed by atoms with Crippen LogP contribution in [0.5, 0.6) is 11.5 Å². The van der Waals surface area contributed by atoms with Gasteiger partial charge in [-0.05, 0) is 58.2 Å². The number of nitrogens with one attached hydrogen (secondary N) is 1. The zero-order valence-corrected chi connectivity index (χ0v) is 20.8. The number of H-pyrrole nitrogens is 1. The van der Waals surface area contributed by atoms with Crippen LogP contribution in [0.25, 0.3) is 0 Å². The van der Waals surface area contributed by atoms with Crippen molar-refractivity contribution in [3.63, 3.8) is 0 Å². The number of aryl methyl sites for hydroxylation is 4. The van der Waals surface area contributed by atoms with Gasteiger partial charge in [0.25, 0.3) is 17.3 Å². The summed E-state index contributed by atoms with van der Waals surface area (Å²) in [4.78, 5) is 30.7. The molecular weight excluding hydrogens is 458 g/mol. The Morgan fingerprint density at radius 2 is 1.85 bits per heavy atom. The smallest absolute Gasteiger partial charge is 0.280 e. The highest BCUT2D eigenvalue weighted by Crippen LogP contribution is 2.53. The Kier molecular flexibility index (Phi) is 5.06. The molecule has 2 aromatic heterocycles. The lowest BCUT2D eigenvalue weighted by atomic mass is 9.93. The van der Waals surface area contributed by atoms with Gasteiger partial charge in [-0.1, -0.05) is 16.8 Å². The molecule has 1 amide bonds. The number of pyridine rings is 1. The first kappa shape index (κ1) is 22.5. The number of carbonyl (C=O) groups excluding carboxylic acids is 1. The van der Waals surface area contributed by atoms with Gasteiger partial charge in [-0.15, -0.1) is 0 Å². The van der Waals surface area contributed by atoms with E-state index < -0.39 is 5.79 Å². The number of halogens is 1. The first-order valence-electron chi connectivity index (χ1n) is 11.2. The van der Waals surface area contributed by atoms with Crippen LogP contribution in [-0.4, -0.2) is 27.5 Å². The minimum absolute atomic E-state index is 0.174. The monoisotopic (exact) mass is 483 g/mol. The second-order valence-electron chi connectivity index (χ2n) is 9.22. The van der Waals surface area contributed by atoms with E-state index in [0.29, 0.717) is 63.2 Å². The molecular formula is C25H26ClN3O5. The fraction of sp³-hybridized carbons (Fsp3) is 0.400. The average molecular weight is 484 g/mol. The van der Waals surface area contributed by atoms with Crippen molar-refractivity contribution in [3.8, 4) is 11.5 Å². The fourth-order valence-corrected chi connectivity index (χ4v) is 5.48.